The second kappa shape index (κ2) is 7.49. The summed E-state index contributed by atoms with van der Waals surface area (Å²) < 4.78 is 4.72. The number of carboxylic acids is 1. The van der Waals surface area contributed by atoms with Gasteiger partial charge >= 0.3 is 18.0 Å². The molecule has 0 aliphatic rings. The first-order chi connectivity index (χ1) is 9.85. The monoisotopic (exact) mass is 314 g/mol. The van der Waals surface area contributed by atoms with E-state index in [9.17, 15) is 14.4 Å². The molecule has 8 heteroatoms. The van der Waals surface area contributed by atoms with Crippen molar-refractivity contribution in [2.24, 2.45) is 0 Å². The number of esters is 1. The number of carbonyl (C=O) groups excluding carboxylic acids is 2. The third-order valence-electron chi connectivity index (χ3n) is 2.47. The molecule has 0 aliphatic heterocycles. The van der Waals surface area contributed by atoms with Crippen LogP contribution in [0.2, 0.25) is 5.02 Å². The molecule has 1 aromatic rings. The lowest BCUT2D eigenvalue weighted by Gasteiger charge is -2.17. The summed E-state index contributed by atoms with van der Waals surface area (Å²) in [5.41, 5.74) is 0.139. The molecular formula is C13H15ClN2O5. The van der Waals surface area contributed by atoms with E-state index in [1.54, 1.807) is 6.92 Å². The third-order valence-corrected chi connectivity index (χ3v) is 2.80. The highest BCUT2D eigenvalue weighted by Gasteiger charge is 2.16. The number of benzene rings is 1. The maximum Gasteiger partial charge on any atom is 0.335 e. The molecule has 0 fully saturated rings. The van der Waals surface area contributed by atoms with E-state index in [0.29, 0.717) is 0 Å². The van der Waals surface area contributed by atoms with E-state index in [0.717, 1.165) is 4.90 Å². The lowest BCUT2D eigenvalue weighted by Crippen LogP contribution is -2.36. The van der Waals surface area contributed by atoms with Crippen molar-refractivity contribution in [1.82, 2.24) is 4.90 Å². The number of urea groups is 1. The van der Waals surface area contributed by atoms with Gasteiger partial charge in [-0.25, -0.2) is 9.59 Å². The van der Waals surface area contributed by atoms with Crippen molar-refractivity contribution in [3.63, 3.8) is 0 Å². The van der Waals surface area contributed by atoms with Crippen molar-refractivity contribution in [3.05, 3.63) is 28.8 Å². The molecule has 114 valence electrons. The Morgan fingerprint density at radius 2 is 2.05 bits per heavy atom. The van der Waals surface area contributed by atoms with E-state index in [2.05, 4.69) is 5.32 Å². The first-order valence-corrected chi connectivity index (χ1v) is 6.43. The number of halogens is 1. The van der Waals surface area contributed by atoms with Gasteiger partial charge in [-0.05, 0) is 25.1 Å². The summed E-state index contributed by atoms with van der Waals surface area (Å²) in [6.07, 6.45) is 0. The Bertz CT molecular complexity index is 561. The van der Waals surface area contributed by atoms with Gasteiger partial charge in [0, 0.05) is 7.05 Å². The molecule has 21 heavy (non-hydrogen) atoms. The van der Waals surface area contributed by atoms with Gasteiger partial charge in [0.25, 0.3) is 0 Å². The topological polar surface area (TPSA) is 95.9 Å². The molecule has 0 unspecified atom stereocenters. The minimum Gasteiger partial charge on any atom is -0.478 e. The number of rotatable bonds is 5. The molecule has 7 nitrogen and oxygen atoms in total. The average Bonchev–Trinajstić information content (AvgIpc) is 2.40. The van der Waals surface area contributed by atoms with Crippen LogP contribution in [0.4, 0.5) is 10.5 Å². The van der Waals surface area contributed by atoms with Crippen molar-refractivity contribution >= 4 is 35.3 Å². The van der Waals surface area contributed by atoms with Gasteiger partial charge in [-0.1, -0.05) is 11.6 Å². The van der Waals surface area contributed by atoms with Crippen LogP contribution in [0.1, 0.15) is 17.3 Å². The summed E-state index contributed by atoms with van der Waals surface area (Å²) in [4.78, 5) is 35.1. The van der Waals surface area contributed by atoms with Gasteiger partial charge in [0.2, 0.25) is 0 Å². The fourth-order valence-electron chi connectivity index (χ4n) is 1.44. The fourth-order valence-corrected chi connectivity index (χ4v) is 1.60. The van der Waals surface area contributed by atoms with Gasteiger partial charge < -0.3 is 20.1 Å². The summed E-state index contributed by atoms with van der Waals surface area (Å²) in [5, 5.41) is 11.5. The number of nitrogens with one attached hydrogen (secondary N) is 1. The molecule has 0 bridgehead atoms. The van der Waals surface area contributed by atoms with Crippen molar-refractivity contribution in [3.8, 4) is 0 Å². The molecule has 0 saturated carbocycles. The number of hydrogen-bond acceptors (Lipinski definition) is 4. The van der Waals surface area contributed by atoms with Gasteiger partial charge in [0.05, 0.1) is 22.9 Å². The Morgan fingerprint density at radius 3 is 2.62 bits per heavy atom. The number of likely N-dealkylation sites (N-methyl/N-ethyl adjacent to an activating group) is 1. The fraction of sp³-hybridized carbons (Fsp3) is 0.308. The number of carbonyl (C=O) groups is 3. The molecule has 0 saturated heterocycles. The molecule has 2 amide bonds. The largest absolute Gasteiger partial charge is 0.478 e. The summed E-state index contributed by atoms with van der Waals surface area (Å²) in [5.74, 6) is -1.68. The number of nitrogens with zero attached hydrogens (tertiary/aromatic N) is 1. The molecular weight excluding hydrogens is 300 g/mol. The summed E-state index contributed by atoms with van der Waals surface area (Å²) in [7, 11) is 1.40. The standard InChI is InChI=1S/C13H15ClN2O5/c1-3-21-11(17)7-16(2)13(20)15-10-6-8(12(18)19)4-5-9(10)14/h4-6H,3,7H2,1-2H3,(H,15,20)(H,18,19). The zero-order chi connectivity index (χ0) is 16.0. The van der Waals surface area contributed by atoms with Crippen LogP contribution in [-0.2, 0) is 9.53 Å². The predicted octanol–water partition coefficient (Wildman–Crippen LogP) is 2.06. The average molecular weight is 315 g/mol. The van der Waals surface area contributed by atoms with Crippen molar-refractivity contribution < 1.29 is 24.2 Å². The zero-order valence-corrected chi connectivity index (χ0v) is 12.3. The van der Waals surface area contributed by atoms with Crippen LogP contribution in [0, 0.1) is 0 Å². The normalized spacial score (nSPS) is 9.86. The highest BCUT2D eigenvalue weighted by molar-refractivity contribution is 6.33. The van der Waals surface area contributed by atoms with E-state index in [1.807, 2.05) is 0 Å². The number of carboxylic acid groups (broad SMARTS) is 1. The smallest absolute Gasteiger partial charge is 0.335 e. The molecule has 0 heterocycles. The molecule has 0 atom stereocenters. The SMILES string of the molecule is CCOC(=O)CN(C)C(=O)Nc1cc(C(=O)O)ccc1Cl. The second-order valence-corrected chi connectivity index (χ2v) is 4.50. The lowest BCUT2D eigenvalue weighted by atomic mass is 10.2. The van der Waals surface area contributed by atoms with Gasteiger partial charge in [-0.15, -0.1) is 0 Å². The summed E-state index contributed by atoms with van der Waals surface area (Å²) in [6.45, 7) is 1.66. The molecule has 0 aliphatic carbocycles. The van der Waals surface area contributed by atoms with Gasteiger partial charge in [-0.2, -0.15) is 0 Å². The molecule has 0 spiro atoms. The number of hydrogen-bond donors (Lipinski definition) is 2. The maximum atomic E-state index is 11.9. The van der Waals surface area contributed by atoms with Crippen LogP contribution < -0.4 is 5.32 Å². The number of amides is 2. The van der Waals surface area contributed by atoms with E-state index in [1.165, 1.54) is 25.2 Å². The Morgan fingerprint density at radius 1 is 1.38 bits per heavy atom. The minimum absolute atomic E-state index is 0.0113. The number of aromatic carboxylic acids is 1. The van der Waals surface area contributed by atoms with E-state index < -0.39 is 18.0 Å². The van der Waals surface area contributed by atoms with Crippen LogP contribution in [0.15, 0.2) is 18.2 Å². The Labute approximate surface area is 126 Å². The summed E-state index contributed by atoms with van der Waals surface area (Å²) in [6, 6.07) is 3.32. The van der Waals surface area contributed by atoms with E-state index in [-0.39, 0.29) is 29.4 Å². The third kappa shape index (κ3) is 4.96. The molecule has 1 rings (SSSR count). The van der Waals surface area contributed by atoms with Crippen molar-refractivity contribution in [2.75, 3.05) is 25.5 Å². The van der Waals surface area contributed by atoms with Gasteiger partial charge in [-0.3, -0.25) is 4.79 Å². The first-order valence-electron chi connectivity index (χ1n) is 6.05. The molecule has 0 aromatic heterocycles. The molecule has 0 radical (unpaired) electrons. The quantitative estimate of drug-likeness (QED) is 0.811. The summed E-state index contributed by atoms with van der Waals surface area (Å²) >= 11 is 5.89. The van der Waals surface area contributed by atoms with Crippen LogP contribution in [0.3, 0.4) is 0 Å². The minimum atomic E-state index is -1.14. The van der Waals surface area contributed by atoms with Crippen LogP contribution in [0.25, 0.3) is 0 Å². The van der Waals surface area contributed by atoms with Crippen LogP contribution in [0.5, 0.6) is 0 Å². The highest BCUT2D eigenvalue weighted by Crippen LogP contribution is 2.23. The number of anilines is 1. The predicted molar refractivity (Wildman–Crippen MR) is 76.7 cm³/mol. The van der Waals surface area contributed by atoms with Gasteiger partial charge in [0.15, 0.2) is 0 Å². The van der Waals surface area contributed by atoms with E-state index >= 15 is 0 Å². The van der Waals surface area contributed by atoms with Crippen molar-refractivity contribution in [1.29, 1.82) is 0 Å². The van der Waals surface area contributed by atoms with E-state index in [4.69, 9.17) is 21.4 Å². The Kier molecular flexibility index (Phi) is 5.98. The maximum absolute atomic E-state index is 11.9. The number of ether oxygens (including phenoxy) is 1. The van der Waals surface area contributed by atoms with Gasteiger partial charge in [0.1, 0.15) is 6.54 Å². The highest BCUT2D eigenvalue weighted by atomic mass is 35.5. The second-order valence-electron chi connectivity index (χ2n) is 4.09. The molecule has 2 N–H and O–H groups in total. The van der Waals surface area contributed by atoms with Crippen LogP contribution >= 0.6 is 11.6 Å². The zero-order valence-electron chi connectivity index (χ0n) is 11.6. The Hall–Kier alpha value is -2.28. The lowest BCUT2D eigenvalue weighted by molar-refractivity contribution is -0.143. The first kappa shape index (κ1) is 16.8. The molecule has 1 aromatic carbocycles. The van der Waals surface area contributed by atoms with Crippen LogP contribution in [-0.4, -0.2) is 48.2 Å². The Balaban J connectivity index is 2.76. The van der Waals surface area contributed by atoms with Crippen molar-refractivity contribution in [2.45, 2.75) is 6.92 Å².